The Labute approximate surface area is 167 Å². The largest absolute Gasteiger partial charge is 0.492 e. The van der Waals surface area contributed by atoms with Crippen molar-refractivity contribution in [1.82, 2.24) is 4.57 Å². The molecule has 0 amide bonds. The Morgan fingerprint density at radius 2 is 2.17 bits per heavy atom. The zero-order chi connectivity index (χ0) is 20.5. The van der Waals surface area contributed by atoms with Gasteiger partial charge in [0, 0.05) is 43.8 Å². The second kappa shape index (κ2) is 6.40. The lowest BCUT2D eigenvalue weighted by Crippen LogP contribution is -2.54. The fourth-order valence-electron chi connectivity index (χ4n) is 4.97. The van der Waals surface area contributed by atoms with Gasteiger partial charge in [-0.3, -0.25) is 4.79 Å². The van der Waals surface area contributed by atoms with E-state index in [1.54, 1.807) is 17.7 Å². The molecular formula is C21H25F2N3O3. The lowest BCUT2D eigenvalue weighted by Gasteiger charge is -2.34. The van der Waals surface area contributed by atoms with Crippen molar-refractivity contribution in [3.8, 4) is 5.75 Å². The molecule has 2 aromatic rings. The number of aryl methyl sites for hydroxylation is 1. The summed E-state index contributed by atoms with van der Waals surface area (Å²) in [7, 11) is 1.46. The Hall–Kier alpha value is -2.19. The Kier molecular flexibility index (Phi) is 4.15. The molecular weight excluding hydrogens is 380 g/mol. The van der Waals surface area contributed by atoms with Crippen molar-refractivity contribution in [2.75, 3.05) is 38.3 Å². The summed E-state index contributed by atoms with van der Waals surface area (Å²) in [6, 6.07) is 0.899. The molecule has 2 aliphatic heterocycles. The quantitative estimate of drug-likeness (QED) is 0.849. The second-order valence-corrected chi connectivity index (χ2v) is 8.66. The number of rotatable bonds is 3. The Bertz CT molecular complexity index is 1060. The fraction of sp³-hybridized carbons (Fsp3) is 0.571. The van der Waals surface area contributed by atoms with E-state index in [0.717, 1.165) is 6.42 Å². The molecule has 1 saturated carbocycles. The number of halogens is 2. The molecule has 3 fully saturated rings. The first kappa shape index (κ1) is 18.8. The lowest BCUT2D eigenvalue weighted by atomic mass is 9.85. The zero-order valence-electron chi connectivity index (χ0n) is 16.6. The first-order chi connectivity index (χ1) is 13.8. The highest BCUT2D eigenvalue weighted by Crippen LogP contribution is 2.47. The number of nitrogens with two attached hydrogens (primary N) is 1. The van der Waals surface area contributed by atoms with Crippen LogP contribution in [0.25, 0.3) is 10.9 Å². The smallest absolute Gasteiger partial charge is 0.192 e. The number of methoxy groups -OCH3 is 1. The molecule has 156 valence electrons. The molecule has 6 nitrogen and oxygen atoms in total. The van der Waals surface area contributed by atoms with E-state index in [1.165, 1.54) is 13.2 Å². The molecule has 0 bridgehead atoms. The average Bonchev–Trinajstić information content (AvgIpc) is 3.30. The van der Waals surface area contributed by atoms with Crippen LogP contribution in [-0.2, 0) is 4.74 Å². The molecule has 29 heavy (non-hydrogen) atoms. The summed E-state index contributed by atoms with van der Waals surface area (Å²) >= 11 is 0. The molecule has 0 spiro atoms. The van der Waals surface area contributed by atoms with Crippen molar-refractivity contribution in [3.05, 3.63) is 33.9 Å². The molecule has 2 saturated heterocycles. The van der Waals surface area contributed by atoms with Crippen LogP contribution in [0.3, 0.4) is 0 Å². The molecule has 1 aromatic carbocycles. The molecule has 5 rings (SSSR count). The van der Waals surface area contributed by atoms with E-state index in [4.69, 9.17) is 15.2 Å². The highest BCUT2D eigenvalue weighted by Gasteiger charge is 2.47. The van der Waals surface area contributed by atoms with Crippen LogP contribution in [0.15, 0.2) is 17.1 Å². The molecule has 3 heterocycles. The van der Waals surface area contributed by atoms with E-state index >= 15 is 4.39 Å². The van der Waals surface area contributed by atoms with Crippen LogP contribution >= 0.6 is 0 Å². The fourth-order valence-corrected chi connectivity index (χ4v) is 4.97. The monoisotopic (exact) mass is 405 g/mol. The van der Waals surface area contributed by atoms with E-state index in [-0.39, 0.29) is 34.2 Å². The zero-order valence-corrected chi connectivity index (χ0v) is 16.6. The molecule has 1 aliphatic carbocycles. The number of benzene rings is 1. The Balaban J connectivity index is 1.72. The molecule has 0 unspecified atom stereocenters. The minimum atomic E-state index is -0.975. The van der Waals surface area contributed by atoms with Crippen LogP contribution in [0.2, 0.25) is 0 Å². The number of ether oxygens (including phenoxy) is 2. The molecule has 4 atom stereocenters. The normalized spacial score (nSPS) is 31.2. The molecule has 0 radical (unpaired) electrons. The van der Waals surface area contributed by atoms with Gasteiger partial charge < -0.3 is 24.7 Å². The number of hydrogen-bond acceptors (Lipinski definition) is 5. The molecule has 8 heteroatoms. The third-order valence-corrected chi connectivity index (χ3v) is 6.66. The van der Waals surface area contributed by atoms with Crippen LogP contribution in [-0.4, -0.2) is 49.7 Å². The van der Waals surface area contributed by atoms with Gasteiger partial charge in [-0.15, -0.1) is 0 Å². The molecule has 2 N–H and O–H groups in total. The van der Waals surface area contributed by atoms with Crippen molar-refractivity contribution >= 4 is 16.6 Å². The van der Waals surface area contributed by atoms with Crippen molar-refractivity contribution in [2.45, 2.75) is 37.5 Å². The van der Waals surface area contributed by atoms with Crippen molar-refractivity contribution < 1.29 is 18.3 Å². The maximum atomic E-state index is 15.3. The summed E-state index contributed by atoms with van der Waals surface area (Å²) in [5.41, 5.74) is 6.94. The highest BCUT2D eigenvalue weighted by molar-refractivity contribution is 5.92. The summed E-state index contributed by atoms with van der Waals surface area (Å²) in [6.07, 6.45) is 1.88. The minimum Gasteiger partial charge on any atom is -0.492 e. The first-order valence-corrected chi connectivity index (χ1v) is 10.0. The van der Waals surface area contributed by atoms with Gasteiger partial charge in [0.15, 0.2) is 17.0 Å². The number of anilines is 1. The maximum absolute atomic E-state index is 15.3. The second-order valence-electron chi connectivity index (χ2n) is 8.66. The first-order valence-electron chi connectivity index (χ1n) is 10.0. The summed E-state index contributed by atoms with van der Waals surface area (Å²) < 4.78 is 42.2. The number of fused-ring (bicyclic) bond motifs is 2. The predicted molar refractivity (Wildman–Crippen MR) is 106 cm³/mol. The van der Waals surface area contributed by atoms with E-state index in [0.29, 0.717) is 43.8 Å². The molecule has 3 aliphatic rings. The molecule has 1 aromatic heterocycles. The Morgan fingerprint density at radius 3 is 2.83 bits per heavy atom. The highest BCUT2D eigenvalue weighted by atomic mass is 19.1. The minimum absolute atomic E-state index is 0.190. The lowest BCUT2D eigenvalue weighted by molar-refractivity contribution is 0.0203. The maximum Gasteiger partial charge on any atom is 0.192 e. The van der Waals surface area contributed by atoms with E-state index < -0.39 is 17.5 Å². The van der Waals surface area contributed by atoms with Gasteiger partial charge in [-0.25, -0.2) is 8.78 Å². The van der Waals surface area contributed by atoms with Crippen molar-refractivity contribution in [1.29, 1.82) is 0 Å². The van der Waals surface area contributed by atoms with Crippen LogP contribution in [0.1, 0.15) is 24.4 Å². The van der Waals surface area contributed by atoms with Crippen LogP contribution < -0.4 is 20.8 Å². The van der Waals surface area contributed by atoms with Gasteiger partial charge in [-0.05, 0) is 19.4 Å². The standard InChI is InChI=1S/C21H25F2N3O3/c1-11-7-26(16-6-14(16)22)17-13(19(11)27)5-15(23)18(20(17)28-2)25-8-12-3-4-29-10-21(12,24)9-25/h5,7,12,14,16H,3-4,6,8-10,24H2,1-2H3/t12-,14-,16+,21-/m0/s1. The van der Waals surface area contributed by atoms with E-state index in [2.05, 4.69) is 0 Å². The van der Waals surface area contributed by atoms with Crippen LogP contribution in [0.4, 0.5) is 14.5 Å². The predicted octanol–water partition coefficient (Wildman–Crippen LogP) is 2.29. The number of aromatic nitrogens is 1. The SMILES string of the molecule is COc1c(N2C[C@@H]3CCOC[C@@]3(N)C2)c(F)cc2c(=O)c(C)cn([C@@H]3C[C@@H]3F)c12. The summed E-state index contributed by atoms with van der Waals surface area (Å²) in [4.78, 5) is 14.6. The van der Waals surface area contributed by atoms with E-state index in [1.807, 2.05) is 4.90 Å². The van der Waals surface area contributed by atoms with Gasteiger partial charge in [0.05, 0.1) is 36.2 Å². The van der Waals surface area contributed by atoms with Crippen LogP contribution in [0, 0.1) is 18.7 Å². The number of hydrogen-bond donors (Lipinski definition) is 1. The topological polar surface area (TPSA) is 69.7 Å². The summed E-state index contributed by atoms with van der Waals surface area (Å²) in [5.74, 6) is -0.0753. The number of nitrogens with zero attached hydrogens (tertiary/aromatic N) is 2. The van der Waals surface area contributed by atoms with Crippen LogP contribution in [0.5, 0.6) is 5.75 Å². The van der Waals surface area contributed by atoms with Crippen molar-refractivity contribution in [2.24, 2.45) is 11.7 Å². The third-order valence-electron chi connectivity index (χ3n) is 6.66. The Morgan fingerprint density at radius 1 is 1.41 bits per heavy atom. The van der Waals surface area contributed by atoms with Gasteiger partial charge >= 0.3 is 0 Å². The summed E-state index contributed by atoms with van der Waals surface area (Å²) in [5, 5.41) is 0.213. The summed E-state index contributed by atoms with van der Waals surface area (Å²) in [6.45, 7) is 3.76. The number of alkyl halides is 1. The van der Waals surface area contributed by atoms with Gasteiger partial charge in [-0.1, -0.05) is 0 Å². The number of pyridine rings is 1. The van der Waals surface area contributed by atoms with Gasteiger partial charge in [0.2, 0.25) is 0 Å². The third kappa shape index (κ3) is 2.76. The average molecular weight is 405 g/mol. The van der Waals surface area contributed by atoms with Gasteiger partial charge in [0.25, 0.3) is 0 Å². The van der Waals surface area contributed by atoms with Gasteiger partial charge in [0.1, 0.15) is 11.9 Å². The van der Waals surface area contributed by atoms with E-state index in [9.17, 15) is 9.18 Å². The van der Waals surface area contributed by atoms with Gasteiger partial charge in [-0.2, -0.15) is 0 Å². The van der Waals surface area contributed by atoms with Crippen molar-refractivity contribution in [3.63, 3.8) is 0 Å².